The molecule has 0 fully saturated rings. The van der Waals surface area contributed by atoms with Crippen LogP contribution in [0, 0.1) is 6.92 Å². The average molecular weight is 449 g/mol. The third-order valence-electron chi connectivity index (χ3n) is 6.00. The summed E-state index contributed by atoms with van der Waals surface area (Å²) >= 11 is 0. The number of hydrogen-bond acceptors (Lipinski definition) is 3. The highest BCUT2D eigenvalue weighted by atomic mass is 32.2. The van der Waals surface area contributed by atoms with Crippen LogP contribution in [0.1, 0.15) is 43.9 Å². The Labute approximate surface area is 190 Å². The molecule has 0 aliphatic carbocycles. The third-order valence-corrected chi connectivity index (χ3v) is 7.85. The van der Waals surface area contributed by atoms with Crippen LogP contribution < -0.4 is 9.21 Å². The SMILES string of the molecule is CCC(=O)N1c2ccccc2[C@H](N(c2ccccc2)S(=O)(=O)c2ccc(C)cc2)C[C@H]1C. The summed E-state index contributed by atoms with van der Waals surface area (Å²) in [6.45, 7) is 5.77. The van der Waals surface area contributed by atoms with Crippen molar-refractivity contribution < 1.29 is 13.2 Å². The van der Waals surface area contributed by atoms with Crippen molar-refractivity contribution in [3.63, 3.8) is 0 Å². The summed E-state index contributed by atoms with van der Waals surface area (Å²) < 4.78 is 29.5. The van der Waals surface area contributed by atoms with E-state index in [1.807, 2.05) is 92.4 Å². The molecule has 3 aromatic carbocycles. The highest BCUT2D eigenvalue weighted by molar-refractivity contribution is 7.92. The number of nitrogens with zero attached hydrogens (tertiary/aromatic N) is 2. The first-order valence-electron chi connectivity index (χ1n) is 10.9. The summed E-state index contributed by atoms with van der Waals surface area (Å²) in [5, 5.41) is 0. The largest absolute Gasteiger partial charge is 0.309 e. The molecule has 0 saturated heterocycles. The van der Waals surface area contributed by atoms with Crippen molar-refractivity contribution in [3.8, 4) is 0 Å². The number of benzene rings is 3. The summed E-state index contributed by atoms with van der Waals surface area (Å²) in [5.74, 6) is 0.0380. The molecule has 6 heteroatoms. The van der Waals surface area contributed by atoms with Crippen LogP contribution in [0.15, 0.2) is 83.8 Å². The highest BCUT2D eigenvalue weighted by Gasteiger charge is 2.40. The monoisotopic (exact) mass is 448 g/mol. The van der Waals surface area contributed by atoms with E-state index in [0.717, 1.165) is 16.8 Å². The van der Waals surface area contributed by atoms with Crippen molar-refractivity contribution in [2.75, 3.05) is 9.21 Å². The van der Waals surface area contributed by atoms with Gasteiger partial charge in [0.1, 0.15) is 0 Å². The van der Waals surface area contributed by atoms with Crippen LogP contribution in [0.25, 0.3) is 0 Å². The number of carbonyl (C=O) groups excluding carboxylic acids is 1. The predicted octanol–water partition coefficient (Wildman–Crippen LogP) is 5.47. The van der Waals surface area contributed by atoms with Crippen LogP contribution in [0.4, 0.5) is 11.4 Å². The minimum Gasteiger partial charge on any atom is -0.309 e. The minimum absolute atomic E-state index is 0.0380. The van der Waals surface area contributed by atoms with Gasteiger partial charge in [-0.2, -0.15) is 0 Å². The van der Waals surface area contributed by atoms with Crippen LogP contribution in [-0.2, 0) is 14.8 Å². The van der Waals surface area contributed by atoms with E-state index in [2.05, 4.69) is 0 Å². The van der Waals surface area contributed by atoms with Gasteiger partial charge in [-0.3, -0.25) is 9.10 Å². The molecule has 166 valence electrons. The molecule has 2 atom stereocenters. The van der Waals surface area contributed by atoms with Crippen molar-refractivity contribution in [1.82, 2.24) is 0 Å². The van der Waals surface area contributed by atoms with Gasteiger partial charge in [-0.1, -0.05) is 61.0 Å². The Bertz CT molecular complexity index is 1210. The van der Waals surface area contributed by atoms with E-state index in [9.17, 15) is 13.2 Å². The molecule has 5 nitrogen and oxygen atoms in total. The van der Waals surface area contributed by atoms with Gasteiger partial charge in [0.25, 0.3) is 10.0 Å². The number of anilines is 2. The molecule has 1 aliphatic rings. The van der Waals surface area contributed by atoms with Crippen molar-refractivity contribution in [1.29, 1.82) is 0 Å². The van der Waals surface area contributed by atoms with Gasteiger partial charge in [0.05, 0.1) is 16.6 Å². The fraction of sp³-hybridized carbons (Fsp3) is 0.269. The number of carbonyl (C=O) groups is 1. The average Bonchev–Trinajstić information content (AvgIpc) is 2.79. The van der Waals surface area contributed by atoms with Crippen LogP contribution in [0.5, 0.6) is 0 Å². The molecule has 0 unspecified atom stereocenters. The molecule has 1 aliphatic heterocycles. The van der Waals surface area contributed by atoms with E-state index in [1.165, 1.54) is 4.31 Å². The first-order chi connectivity index (χ1) is 15.3. The topological polar surface area (TPSA) is 57.7 Å². The molecular weight excluding hydrogens is 420 g/mol. The molecule has 0 spiro atoms. The van der Waals surface area contributed by atoms with Gasteiger partial charge in [0.2, 0.25) is 5.91 Å². The molecule has 1 heterocycles. The second-order valence-electron chi connectivity index (χ2n) is 8.23. The van der Waals surface area contributed by atoms with Gasteiger partial charge in [-0.15, -0.1) is 0 Å². The summed E-state index contributed by atoms with van der Waals surface area (Å²) in [4.78, 5) is 14.8. The fourth-order valence-corrected chi connectivity index (χ4v) is 6.08. The van der Waals surface area contributed by atoms with Crippen molar-refractivity contribution in [3.05, 3.63) is 90.0 Å². The molecule has 0 aromatic heterocycles. The molecule has 3 aromatic rings. The second kappa shape index (κ2) is 8.79. The summed E-state index contributed by atoms with van der Waals surface area (Å²) in [5.41, 5.74) is 3.23. The Morgan fingerprint density at radius 2 is 1.59 bits per heavy atom. The zero-order valence-electron chi connectivity index (χ0n) is 18.6. The maximum absolute atomic E-state index is 14.0. The quantitative estimate of drug-likeness (QED) is 0.520. The van der Waals surface area contributed by atoms with E-state index in [4.69, 9.17) is 0 Å². The van der Waals surface area contributed by atoms with E-state index >= 15 is 0 Å². The molecule has 0 radical (unpaired) electrons. The molecule has 32 heavy (non-hydrogen) atoms. The Morgan fingerprint density at radius 3 is 2.25 bits per heavy atom. The molecule has 0 bridgehead atoms. The lowest BCUT2D eigenvalue weighted by Crippen LogP contribution is -2.47. The van der Waals surface area contributed by atoms with Gasteiger partial charge in [0, 0.05) is 18.2 Å². The van der Waals surface area contributed by atoms with Gasteiger partial charge < -0.3 is 4.90 Å². The zero-order chi connectivity index (χ0) is 22.9. The number of rotatable bonds is 5. The van der Waals surface area contributed by atoms with E-state index in [1.54, 1.807) is 12.1 Å². The lowest BCUT2D eigenvalue weighted by molar-refractivity contribution is -0.118. The number of fused-ring (bicyclic) bond motifs is 1. The van der Waals surface area contributed by atoms with Crippen LogP contribution >= 0.6 is 0 Å². The van der Waals surface area contributed by atoms with Gasteiger partial charge >= 0.3 is 0 Å². The molecular formula is C26H28N2O3S. The third kappa shape index (κ3) is 3.91. The highest BCUT2D eigenvalue weighted by Crippen LogP contribution is 2.44. The summed E-state index contributed by atoms with van der Waals surface area (Å²) in [6, 6.07) is 23.2. The van der Waals surface area contributed by atoms with E-state index in [0.29, 0.717) is 18.5 Å². The minimum atomic E-state index is -3.85. The van der Waals surface area contributed by atoms with Crippen LogP contribution in [-0.4, -0.2) is 20.4 Å². The number of aryl methyl sites for hydroxylation is 1. The Hall–Kier alpha value is -3.12. The zero-order valence-corrected chi connectivity index (χ0v) is 19.4. The normalized spacial score (nSPS) is 18.2. The maximum Gasteiger partial charge on any atom is 0.264 e. The van der Waals surface area contributed by atoms with Gasteiger partial charge in [-0.05, 0) is 56.2 Å². The lowest BCUT2D eigenvalue weighted by atomic mass is 9.91. The van der Waals surface area contributed by atoms with E-state index < -0.39 is 16.1 Å². The first kappa shape index (κ1) is 22.1. The van der Waals surface area contributed by atoms with Gasteiger partial charge in [0.15, 0.2) is 0 Å². The maximum atomic E-state index is 14.0. The Kier molecular flexibility index (Phi) is 6.07. The number of hydrogen-bond donors (Lipinski definition) is 0. The molecule has 0 saturated carbocycles. The molecule has 4 rings (SSSR count). The number of amides is 1. The van der Waals surface area contributed by atoms with Gasteiger partial charge in [-0.25, -0.2) is 8.42 Å². The number of sulfonamides is 1. The predicted molar refractivity (Wildman–Crippen MR) is 128 cm³/mol. The second-order valence-corrected chi connectivity index (χ2v) is 10.0. The molecule has 0 N–H and O–H groups in total. The standard InChI is InChI=1S/C26H28N2O3S/c1-4-26(29)27-20(3)18-25(23-12-8-9-13-24(23)27)28(21-10-6-5-7-11-21)32(30,31)22-16-14-19(2)15-17-22/h5-17,20,25H,4,18H2,1-3H3/t20-,25-/m1/s1. The summed E-state index contributed by atoms with van der Waals surface area (Å²) in [6.07, 6.45) is 0.899. The number of para-hydroxylation sites is 2. The van der Waals surface area contributed by atoms with Crippen LogP contribution in [0.2, 0.25) is 0 Å². The van der Waals surface area contributed by atoms with Crippen molar-refractivity contribution in [2.24, 2.45) is 0 Å². The first-order valence-corrected chi connectivity index (χ1v) is 12.4. The van der Waals surface area contributed by atoms with Crippen molar-refractivity contribution in [2.45, 2.75) is 50.6 Å². The summed E-state index contributed by atoms with van der Waals surface area (Å²) in [7, 11) is -3.85. The fourth-order valence-electron chi connectivity index (χ4n) is 4.44. The molecule has 1 amide bonds. The lowest BCUT2D eigenvalue weighted by Gasteiger charge is -2.43. The van der Waals surface area contributed by atoms with Crippen molar-refractivity contribution >= 4 is 27.3 Å². The smallest absolute Gasteiger partial charge is 0.264 e. The van der Waals surface area contributed by atoms with Crippen LogP contribution in [0.3, 0.4) is 0 Å². The van der Waals surface area contributed by atoms with E-state index in [-0.39, 0.29) is 16.8 Å². The Balaban J connectivity index is 1.91. The Morgan fingerprint density at radius 1 is 0.969 bits per heavy atom.